The lowest BCUT2D eigenvalue weighted by Gasteiger charge is -2.25. The summed E-state index contributed by atoms with van der Waals surface area (Å²) < 4.78 is 28.3. The topological polar surface area (TPSA) is 23.8 Å². The van der Waals surface area contributed by atoms with Crippen molar-refractivity contribution < 1.29 is 8.78 Å². The van der Waals surface area contributed by atoms with Crippen LogP contribution < -0.4 is 0 Å². The van der Waals surface area contributed by atoms with E-state index < -0.39 is 17.2 Å². The highest BCUT2D eigenvalue weighted by atomic mass is 19.1. The summed E-state index contributed by atoms with van der Waals surface area (Å²) in [6, 6.07) is 12.0. The van der Waals surface area contributed by atoms with Gasteiger partial charge in [0.15, 0.2) is 0 Å². The van der Waals surface area contributed by atoms with E-state index in [2.05, 4.69) is 31.2 Å². The molecule has 0 spiro atoms. The summed E-state index contributed by atoms with van der Waals surface area (Å²) in [5.74, 6) is -0.937. The molecule has 0 heterocycles. The molecule has 3 rings (SSSR count). The Labute approximate surface area is 173 Å². The second-order valence-corrected chi connectivity index (χ2v) is 8.43. The smallest absolute Gasteiger partial charge is 0.147 e. The maximum atomic E-state index is 14.3. The third-order valence-corrected chi connectivity index (χ3v) is 6.27. The second-order valence-electron chi connectivity index (χ2n) is 8.43. The molecule has 0 aromatic heterocycles. The summed E-state index contributed by atoms with van der Waals surface area (Å²) in [7, 11) is 0. The normalized spacial score (nSPS) is 15.7. The van der Waals surface area contributed by atoms with Crippen molar-refractivity contribution in [3.8, 4) is 6.07 Å². The minimum absolute atomic E-state index is 0.437. The van der Waals surface area contributed by atoms with Crippen molar-refractivity contribution in [2.75, 3.05) is 0 Å². The van der Waals surface area contributed by atoms with Gasteiger partial charge in [-0.3, -0.25) is 0 Å². The molecule has 0 aliphatic heterocycles. The number of unbranched alkanes of at least 4 members (excludes halogenated alkanes) is 4. The molecule has 0 N–H and O–H groups in total. The molecule has 0 bridgehead atoms. The van der Waals surface area contributed by atoms with E-state index in [0.717, 1.165) is 31.2 Å². The van der Waals surface area contributed by atoms with Gasteiger partial charge in [-0.15, -0.1) is 0 Å². The predicted molar refractivity (Wildman–Crippen MR) is 114 cm³/mol. The van der Waals surface area contributed by atoms with Gasteiger partial charge >= 0.3 is 0 Å². The van der Waals surface area contributed by atoms with Crippen molar-refractivity contribution in [2.45, 2.75) is 77.6 Å². The van der Waals surface area contributed by atoms with Crippen molar-refractivity contribution in [1.29, 1.82) is 5.26 Å². The number of rotatable bonds is 9. The fourth-order valence-electron chi connectivity index (χ4n) is 4.45. The monoisotopic (exact) mass is 395 g/mol. The molecule has 1 atom stereocenters. The quantitative estimate of drug-likeness (QED) is 0.416. The summed E-state index contributed by atoms with van der Waals surface area (Å²) in [6.45, 7) is 2.24. The molecule has 1 nitrogen and oxygen atoms in total. The average Bonchev–Trinajstić information content (AvgIpc) is 2.73. The van der Waals surface area contributed by atoms with Crippen molar-refractivity contribution >= 4 is 0 Å². The number of nitriles is 1. The molecular weight excluding hydrogens is 364 g/mol. The first kappa shape index (κ1) is 21.5. The average molecular weight is 396 g/mol. The van der Waals surface area contributed by atoms with Crippen LogP contribution in [0.2, 0.25) is 0 Å². The van der Waals surface area contributed by atoms with E-state index in [9.17, 15) is 8.78 Å². The first-order chi connectivity index (χ1) is 14.1. The van der Waals surface area contributed by atoms with Gasteiger partial charge < -0.3 is 0 Å². The fourth-order valence-corrected chi connectivity index (χ4v) is 4.45. The zero-order chi connectivity index (χ0) is 20.6. The summed E-state index contributed by atoms with van der Waals surface area (Å²) in [5, 5.41) is 8.93. The lowest BCUT2D eigenvalue weighted by atomic mass is 9.80. The van der Waals surface area contributed by atoms with Gasteiger partial charge in [0, 0.05) is 0 Å². The Balaban J connectivity index is 1.49. The van der Waals surface area contributed by atoms with E-state index in [4.69, 9.17) is 5.26 Å². The zero-order valence-electron chi connectivity index (χ0n) is 17.4. The third kappa shape index (κ3) is 5.66. The van der Waals surface area contributed by atoms with Crippen LogP contribution in [0.4, 0.5) is 8.78 Å². The predicted octanol–water partition coefficient (Wildman–Crippen LogP) is 7.09. The molecule has 1 aliphatic carbocycles. The lowest BCUT2D eigenvalue weighted by molar-refractivity contribution is 0.415. The molecule has 0 amide bonds. The standard InChI is InChI=1S/C26H31F2N/c1-2-3-4-5-6-7-19-8-10-20(11-9-19)12-13-21-14-15-23-22(16-21)17-25(27)24(18-29)26(23)28/h8-11,17,21H,2-7,12-16H2,1H3. The van der Waals surface area contributed by atoms with Gasteiger partial charge in [-0.1, -0.05) is 56.9 Å². The molecule has 1 aliphatic rings. The largest absolute Gasteiger partial charge is 0.205 e. The molecule has 29 heavy (non-hydrogen) atoms. The SMILES string of the molecule is CCCCCCCc1ccc(CCC2CCc3c(cc(F)c(C#N)c3F)C2)cc1. The summed E-state index contributed by atoms with van der Waals surface area (Å²) >= 11 is 0. The molecule has 0 radical (unpaired) electrons. The fraction of sp³-hybridized carbons (Fsp3) is 0.500. The number of halogens is 2. The van der Waals surface area contributed by atoms with Gasteiger partial charge in [-0.05, 0) is 79.2 Å². The number of nitrogens with zero attached hydrogens (tertiary/aromatic N) is 1. The molecule has 0 saturated heterocycles. The molecule has 0 saturated carbocycles. The Bertz CT molecular complexity index is 848. The third-order valence-electron chi connectivity index (χ3n) is 6.27. The van der Waals surface area contributed by atoms with Crippen molar-refractivity contribution in [2.24, 2.45) is 5.92 Å². The maximum Gasteiger partial charge on any atom is 0.147 e. The maximum absolute atomic E-state index is 14.3. The number of hydrogen-bond acceptors (Lipinski definition) is 1. The van der Waals surface area contributed by atoms with E-state index in [0.29, 0.717) is 24.3 Å². The van der Waals surface area contributed by atoms with Gasteiger partial charge in [-0.25, -0.2) is 8.78 Å². The van der Waals surface area contributed by atoms with Crippen LogP contribution in [0.3, 0.4) is 0 Å². The highest BCUT2D eigenvalue weighted by Crippen LogP contribution is 2.32. The molecule has 2 aromatic carbocycles. The van der Waals surface area contributed by atoms with Gasteiger partial charge in [0.25, 0.3) is 0 Å². The van der Waals surface area contributed by atoms with Crippen molar-refractivity contribution in [3.63, 3.8) is 0 Å². The van der Waals surface area contributed by atoms with Gasteiger partial charge in [-0.2, -0.15) is 5.26 Å². The Kier molecular flexibility index (Phi) is 7.81. The highest BCUT2D eigenvalue weighted by molar-refractivity contribution is 5.42. The Hall–Kier alpha value is -2.21. The van der Waals surface area contributed by atoms with Crippen LogP contribution >= 0.6 is 0 Å². The first-order valence-electron chi connectivity index (χ1n) is 11.1. The second kappa shape index (κ2) is 10.5. The van der Waals surface area contributed by atoms with E-state index in [1.54, 1.807) is 6.07 Å². The Morgan fingerprint density at radius 1 is 1.00 bits per heavy atom. The van der Waals surface area contributed by atoms with Gasteiger partial charge in [0.1, 0.15) is 23.3 Å². The van der Waals surface area contributed by atoms with E-state index >= 15 is 0 Å². The van der Waals surface area contributed by atoms with Gasteiger partial charge in [0.05, 0.1) is 0 Å². The molecule has 1 unspecified atom stereocenters. The van der Waals surface area contributed by atoms with Crippen molar-refractivity contribution in [1.82, 2.24) is 0 Å². The van der Waals surface area contributed by atoms with Crippen LogP contribution in [-0.4, -0.2) is 0 Å². The molecule has 0 fully saturated rings. The minimum atomic E-state index is -0.727. The first-order valence-corrected chi connectivity index (χ1v) is 11.1. The minimum Gasteiger partial charge on any atom is -0.205 e. The molecular formula is C26H31F2N. The summed E-state index contributed by atoms with van der Waals surface area (Å²) in [6.07, 6.45) is 11.9. The van der Waals surface area contributed by atoms with Gasteiger partial charge in [0.2, 0.25) is 0 Å². The van der Waals surface area contributed by atoms with E-state index in [-0.39, 0.29) is 0 Å². The van der Waals surface area contributed by atoms with Crippen molar-refractivity contribution in [3.05, 3.63) is 69.8 Å². The number of benzene rings is 2. The van der Waals surface area contributed by atoms with Crippen LogP contribution in [-0.2, 0) is 25.7 Å². The Morgan fingerprint density at radius 3 is 2.38 bits per heavy atom. The summed E-state index contributed by atoms with van der Waals surface area (Å²) in [4.78, 5) is 0. The Morgan fingerprint density at radius 2 is 1.69 bits per heavy atom. The van der Waals surface area contributed by atoms with E-state index in [1.807, 2.05) is 0 Å². The van der Waals surface area contributed by atoms with Crippen LogP contribution in [0, 0.1) is 28.9 Å². The lowest BCUT2D eigenvalue weighted by Crippen LogP contribution is -2.17. The molecule has 154 valence electrons. The zero-order valence-corrected chi connectivity index (χ0v) is 17.4. The van der Waals surface area contributed by atoms with Crippen LogP contribution in [0.5, 0.6) is 0 Å². The van der Waals surface area contributed by atoms with Crippen LogP contribution in [0.25, 0.3) is 0 Å². The molecule has 2 aromatic rings. The van der Waals surface area contributed by atoms with Crippen LogP contribution in [0.1, 0.15) is 79.7 Å². The molecule has 3 heteroatoms. The van der Waals surface area contributed by atoms with E-state index in [1.165, 1.54) is 49.3 Å². The number of fused-ring (bicyclic) bond motifs is 1. The number of hydrogen-bond donors (Lipinski definition) is 0. The number of aryl methyl sites for hydroxylation is 2. The highest BCUT2D eigenvalue weighted by Gasteiger charge is 2.25. The van der Waals surface area contributed by atoms with Crippen LogP contribution in [0.15, 0.2) is 30.3 Å². The summed E-state index contributed by atoms with van der Waals surface area (Å²) in [5.41, 5.74) is 3.60.